The van der Waals surface area contributed by atoms with Gasteiger partial charge in [0.2, 0.25) is 0 Å². The van der Waals surface area contributed by atoms with Gasteiger partial charge in [-0.1, -0.05) is 0 Å². The number of rotatable bonds is 6. The van der Waals surface area contributed by atoms with Crippen LogP contribution in [0.25, 0.3) is 0 Å². The van der Waals surface area contributed by atoms with Gasteiger partial charge < -0.3 is 15.4 Å². The molecule has 0 unspecified atom stereocenters. The van der Waals surface area contributed by atoms with E-state index < -0.39 is 0 Å². The number of carbonyl (C=O) groups excluding carboxylic acids is 1. The monoisotopic (exact) mass is 201 g/mol. The summed E-state index contributed by atoms with van der Waals surface area (Å²) in [6, 6.07) is 0. The Morgan fingerprint density at radius 2 is 2.07 bits per heavy atom. The number of carbonyl (C=O) groups is 1. The van der Waals surface area contributed by atoms with Crippen LogP contribution in [0.5, 0.6) is 0 Å². The first-order valence-corrected chi connectivity index (χ1v) is 4.80. The topological polar surface area (TPSA) is 74.2 Å². The largest absolute Gasteiger partial charge is 0.466 e. The lowest BCUT2D eigenvalue weighted by Crippen LogP contribution is -2.34. The average Bonchev–Trinajstić information content (AvgIpc) is 2.15. The molecule has 0 aromatic heterocycles. The van der Waals surface area contributed by atoms with Gasteiger partial charge in [0, 0.05) is 20.5 Å². The van der Waals surface area contributed by atoms with E-state index in [1.807, 2.05) is 0 Å². The summed E-state index contributed by atoms with van der Waals surface area (Å²) < 4.78 is 4.78. The van der Waals surface area contributed by atoms with Gasteiger partial charge in [-0.05, 0) is 19.3 Å². The average molecular weight is 201 g/mol. The summed E-state index contributed by atoms with van der Waals surface area (Å²) >= 11 is 0. The van der Waals surface area contributed by atoms with E-state index in [1.54, 1.807) is 7.05 Å². The highest BCUT2D eigenvalue weighted by atomic mass is 16.5. The zero-order valence-electron chi connectivity index (χ0n) is 8.85. The van der Waals surface area contributed by atoms with Crippen molar-refractivity contribution in [3.63, 3.8) is 0 Å². The number of unbranched alkanes of at least 4 members (excludes halogenated alkanes) is 2. The van der Waals surface area contributed by atoms with Crippen LogP contribution in [0.4, 0.5) is 0 Å². The zero-order chi connectivity index (χ0) is 10.8. The molecule has 0 fully saturated rings. The van der Waals surface area contributed by atoms with Gasteiger partial charge in [-0.2, -0.15) is 0 Å². The van der Waals surface area contributed by atoms with Gasteiger partial charge in [-0.25, -0.2) is 0 Å². The van der Waals surface area contributed by atoms with Crippen LogP contribution in [0.15, 0.2) is 0 Å². The molecule has 3 N–H and O–H groups in total. The molecule has 5 heteroatoms. The maximum absolute atomic E-state index is 10.4. The number of guanidine groups is 1. The highest BCUT2D eigenvalue weighted by molar-refractivity contribution is 5.75. The molecule has 0 aliphatic heterocycles. The number of nitrogens with one attached hydrogen (secondary N) is 3. The van der Waals surface area contributed by atoms with E-state index >= 15 is 0 Å². The lowest BCUT2D eigenvalue weighted by atomic mass is 10.2. The number of esters is 1. The van der Waals surface area contributed by atoms with Gasteiger partial charge in [0.1, 0.15) is 0 Å². The third kappa shape index (κ3) is 8.83. The minimum absolute atomic E-state index is 0.222. The predicted molar refractivity (Wildman–Crippen MR) is 55.3 cm³/mol. The molecule has 0 atom stereocenters. The highest BCUT2D eigenvalue weighted by Gasteiger charge is 1.94. The Kier molecular flexibility index (Phi) is 7.59. The molecule has 0 radical (unpaired) electrons. The lowest BCUT2D eigenvalue weighted by molar-refractivity contribution is -0.141. The van der Waals surface area contributed by atoms with Crippen LogP contribution in [0, 0.1) is 5.41 Å². The van der Waals surface area contributed by atoms with Crippen molar-refractivity contribution in [2.45, 2.75) is 26.2 Å². The first-order valence-electron chi connectivity index (χ1n) is 4.80. The van der Waals surface area contributed by atoms with E-state index in [2.05, 4.69) is 10.6 Å². The SMILES string of the molecule is CNC(=N)NCCCCCOC(C)=O. The quantitative estimate of drug-likeness (QED) is 0.253. The Hall–Kier alpha value is -1.26. The fraction of sp³-hybridized carbons (Fsp3) is 0.778. The van der Waals surface area contributed by atoms with E-state index in [4.69, 9.17) is 10.1 Å². The second-order valence-corrected chi connectivity index (χ2v) is 2.95. The van der Waals surface area contributed by atoms with Crippen LogP contribution in [0.2, 0.25) is 0 Å². The van der Waals surface area contributed by atoms with E-state index in [9.17, 15) is 4.79 Å². The molecule has 0 amide bonds. The minimum Gasteiger partial charge on any atom is -0.466 e. The zero-order valence-corrected chi connectivity index (χ0v) is 8.85. The van der Waals surface area contributed by atoms with Gasteiger partial charge >= 0.3 is 5.97 Å². The normalized spacial score (nSPS) is 9.29. The van der Waals surface area contributed by atoms with Crippen molar-refractivity contribution in [3.05, 3.63) is 0 Å². The highest BCUT2D eigenvalue weighted by Crippen LogP contribution is 1.94. The van der Waals surface area contributed by atoms with Crippen molar-refractivity contribution in [2.75, 3.05) is 20.2 Å². The lowest BCUT2D eigenvalue weighted by Gasteiger charge is -2.06. The van der Waals surface area contributed by atoms with Crippen LogP contribution < -0.4 is 10.6 Å². The Labute approximate surface area is 84.7 Å². The van der Waals surface area contributed by atoms with Crippen molar-refractivity contribution in [1.82, 2.24) is 10.6 Å². The van der Waals surface area contributed by atoms with Crippen LogP contribution >= 0.6 is 0 Å². The maximum Gasteiger partial charge on any atom is 0.302 e. The number of ether oxygens (including phenoxy) is 1. The van der Waals surface area contributed by atoms with E-state index in [0.29, 0.717) is 12.6 Å². The molecular formula is C9H19N3O2. The third-order valence-electron chi connectivity index (χ3n) is 1.68. The Balaban J connectivity index is 3.06. The van der Waals surface area contributed by atoms with Crippen molar-refractivity contribution in [1.29, 1.82) is 5.41 Å². The molecule has 0 rings (SSSR count). The smallest absolute Gasteiger partial charge is 0.302 e. The van der Waals surface area contributed by atoms with Gasteiger partial charge in [-0.3, -0.25) is 10.2 Å². The maximum atomic E-state index is 10.4. The summed E-state index contributed by atoms with van der Waals surface area (Å²) in [4.78, 5) is 10.4. The van der Waals surface area contributed by atoms with Crippen molar-refractivity contribution in [2.24, 2.45) is 0 Å². The van der Waals surface area contributed by atoms with Gasteiger partial charge in [0.05, 0.1) is 6.61 Å². The summed E-state index contributed by atoms with van der Waals surface area (Å²) in [6.45, 7) is 2.69. The summed E-state index contributed by atoms with van der Waals surface area (Å²) in [7, 11) is 1.70. The van der Waals surface area contributed by atoms with E-state index in [1.165, 1.54) is 6.92 Å². The molecule has 0 bridgehead atoms. The molecule has 0 aromatic carbocycles. The van der Waals surface area contributed by atoms with Gasteiger partial charge in [0.25, 0.3) is 0 Å². The molecule has 0 saturated carbocycles. The molecule has 0 aromatic rings. The first kappa shape index (κ1) is 12.7. The molecule has 5 nitrogen and oxygen atoms in total. The molecule has 82 valence electrons. The van der Waals surface area contributed by atoms with E-state index in [0.717, 1.165) is 25.8 Å². The molecular weight excluding hydrogens is 182 g/mol. The molecule has 0 aliphatic rings. The summed E-state index contributed by atoms with van der Waals surface area (Å²) in [5.74, 6) is 0.116. The standard InChI is InChI=1S/C9H19N3O2/c1-8(13)14-7-5-3-4-6-12-9(10)11-2/h3-7H2,1-2H3,(H3,10,11,12). The Bertz CT molecular complexity index is 183. The van der Waals surface area contributed by atoms with Crippen LogP contribution in [-0.2, 0) is 9.53 Å². The fourth-order valence-electron chi connectivity index (χ4n) is 0.922. The Morgan fingerprint density at radius 3 is 2.64 bits per heavy atom. The van der Waals surface area contributed by atoms with Crippen LogP contribution in [-0.4, -0.2) is 32.1 Å². The predicted octanol–water partition coefficient (Wildman–Crippen LogP) is 0.464. The fourth-order valence-corrected chi connectivity index (χ4v) is 0.922. The van der Waals surface area contributed by atoms with Gasteiger partial charge in [-0.15, -0.1) is 0 Å². The van der Waals surface area contributed by atoms with Gasteiger partial charge in [0.15, 0.2) is 5.96 Å². The molecule has 14 heavy (non-hydrogen) atoms. The minimum atomic E-state index is -0.222. The van der Waals surface area contributed by atoms with Crippen LogP contribution in [0.1, 0.15) is 26.2 Å². The second kappa shape index (κ2) is 8.34. The van der Waals surface area contributed by atoms with Crippen molar-refractivity contribution >= 4 is 11.9 Å². The second-order valence-electron chi connectivity index (χ2n) is 2.95. The van der Waals surface area contributed by atoms with Crippen LogP contribution in [0.3, 0.4) is 0 Å². The van der Waals surface area contributed by atoms with Crippen molar-refractivity contribution < 1.29 is 9.53 Å². The summed E-state index contributed by atoms with van der Waals surface area (Å²) in [5.41, 5.74) is 0. The molecule has 0 saturated heterocycles. The summed E-state index contributed by atoms with van der Waals surface area (Å²) in [5, 5.41) is 12.8. The van der Waals surface area contributed by atoms with Crippen molar-refractivity contribution in [3.8, 4) is 0 Å². The first-order chi connectivity index (χ1) is 6.66. The Morgan fingerprint density at radius 1 is 1.36 bits per heavy atom. The number of hydrogen-bond acceptors (Lipinski definition) is 3. The number of hydrogen-bond donors (Lipinski definition) is 3. The molecule has 0 aliphatic carbocycles. The summed E-state index contributed by atoms with van der Waals surface area (Å²) in [6.07, 6.45) is 2.86. The molecule has 0 heterocycles. The van der Waals surface area contributed by atoms with E-state index in [-0.39, 0.29) is 5.97 Å². The molecule has 0 spiro atoms. The third-order valence-corrected chi connectivity index (χ3v) is 1.68.